The second-order valence-corrected chi connectivity index (χ2v) is 5.66. The van der Waals surface area contributed by atoms with Crippen LogP contribution in [0.4, 0.5) is 0 Å². The predicted molar refractivity (Wildman–Crippen MR) is 80.1 cm³/mol. The molecule has 0 spiro atoms. The van der Waals surface area contributed by atoms with Gasteiger partial charge in [0.1, 0.15) is 0 Å². The van der Waals surface area contributed by atoms with Crippen LogP contribution in [0.25, 0.3) is 5.65 Å². The largest absolute Gasteiger partial charge is 0.352 e. The smallest absolute Gasteiger partial charge is 0.217 e. The van der Waals surface area contributed by atoms with Crippen LogP contribution >= 0.6 is 0 Å². The third kappa shape index (κ3) is 2.90. The first-order valence-corrected chi connectivity index (χ1v) is 7.44. The van der Waals surface area contributed by atoms with Crippen LogP contribution in [0.15, 0.2) is 12.3 Å². The molecular formula is C15H21N5O. The monoisotopic (exact) mass is 287 g/mol. The van der Waals surface area contributed by atoms with E-state index in [0.29, 0.717) is 12.5 Å². The Balaban J connectivity index is 2.05. The molecule has 1 fully saturated rings. The van der Waals surface area contributed by atoms with Gasteiger partial charge in [-0.05, 0) is 32.9 Å². The van der Waals surface area contributed by atoms with Gasteiger partial charge >= 0.3 is 0 Å². The summed E-state index contributed by atoms with van der Waals surface area (Å²) < 4.78 is 1.96. The van der Waals surface area contributed by atoms with Gasteiger partial charge < -0.3 is 10.6 Å². The number of rotatable bonds is 3. The van der Waals surface area contributed by atoms with Gasteiger partial charge in [0.2, 0.25) is 5.91 Å². The number of carbonyl (C=O) groups excluding carboxylic acids is 1. The predicted octanol–water partition coefficient (Wildman–Crippen LogP) is 1.14. The molecule has 0 unspecified atom stereocenters. The van der Waals surface area contributed by atoms with Crippen molar-refractivity contribution < 1.29 is 4.79 Å². The molecule has 1 amide bonds. The fourth-order valence-electron chi connectivity index (χ4n) is 2.99. The van der Waals surface area contributed by atoms with Gasteiger partial charge in [-0.25, -0.2) is 9.50 Å². The molecule has 2 aromatic rings. The van der Waals surface area contributed by atoms with E-state index in [9.17, 15) is 4.79 Å². The van der Waals surface area contributed by atoms with Crippen molar-refractivity contribution in [3.05, 3.63) is 29.2 Å². The first-order chi connectivity index (χ1) is 10.1. The third-order valence-electron chi connectivity index (χ3n) is 3.98. The topological polar surface area (TPSA) is 71.3 Å². The van der Waals surface area contributed by atoms with Crippen molar-refractivity contribution in [2.45, 2.75) is 39.2 Å². The third-order valence-corrected chi connectivity index (χ3v) is 3.98. The summed E-state index contributed by atoms with van der Waals surface area (Å²) in [5.41, 5.74) is 4.11. The van der Waals surface area contributed by atoms with Crippen LogP contribution in [0.3, 0.4) is 0 Å². The second kappa shape index (κ2) is 5.81. The molecule has 3 heterocycles. The number of hydrogen-bond donors (Lipinski definition) is 2. The SMILES string of the molecule is CC(=O)NCc1cnc2cc(C)nn2c1C1CCNCC1. The molecule has 1 aliphatic rings. The van der Waals surface area contributed by atoms with Crippen molar-refractivity contribution in [1.82, 2.24) is 25.2 Å². The molecule has 3 rings (SSSR count). The number of fused-ring (bicyclic) bond motifs is 1. The van der Waals surface area contributed by atoms with E-state index < -0.39 is 0 Å². The van der Waals surface area contributed by atoms with Gasteiger partial charge in [0.25, 0.3) is 0 Å². The fourth-order valence-corrected chi connectivity index (χ4v) is 2.99. The van der Waals surface area contributed by atoms with Crippen LogP contribution in [0.5, 0.6) is 0 Å². The van der Waals surface area contributed by atoms with Crippen molar-refractivity contribution >= 4 is 11.6 Å². The van der Waals surface area contributed by atoms with E-state index in [0.717, 1.165) is 42.8 Å². The number of carbonyl (C=O) groups is 1. The molecule has 21 heavy (non-hydrogen) atoms. The van der Waals surface area contributed by atoms with Crippen LogP contribution in [0.2, 0.25) is 0 Å². The Kier molecular flexibility index (Phi) is 3.88. The molecule has 0 atom stereocenters. The first kappa shape index (κ1) is 14.0. The Morgan fingerprint density at radius 2 is 2.24 bits per heavy atom. The zero-order chi connectivity index (χ0) is 14.8. The number of aromatic nitrogens is 3. The van der Waals surface area contributed by atoms with Gasteiger partial charge in [-0.1, -0.05) is 0 Å². The van der Waals surface area contributed by atoms with Crippen molar-refractivity contribution in [1.29, 1.82) is 0 Å². The van der Waals surface area contributed by atoms with Crippen LogP contribution in [0, 0.1) is 6.92 Å². The maximum atomic E-state index is 11.2. The average Bonchev–Trinajstić information content (AvgIpc) is 2.85. The highest BCUT2D eigenvalue weighted by Crippen LogP contribution is 2.28. The van der Waals surface area contributed by atoms with Gasteiger partial charge in [-0.15, -0.1) is 0 Å². The van der Waals surface area contributed by atoms with E-state index >= 15 is 0 Å². The number of piperidine rings is 1. The lowest BCUT2D eigenvalue weighted by atomic mass is 9.91. The van der Waals surface area contributed by atoms with Crippen molar-refractivity contribution in [2.75, 3.05) is 13.1 Å². The Morgan fingerprint density at radius 3 is 2.95 bits per heavy atom. The van der Waals surface area contributed by atoms with Gasteiger partial charge in [0.05, 0.1) is 11.4 Å². The Hall–Kier alpha value is -1.95. The number of nitrogens with zero attached hydrogens (tertiary/aromatic N) is 3. The molecule has 0 aromatic carbocycles. The van der Waals surface area contributed by atoms with E-state index in [1.54, 1.807) is 0 Å². The summed E-state index contributed by atoms with van der Waals surface area (Å²) >= 11 is 0. The molecule has 0 radical (unpaired) electrons. The van der Waals surface area contributed by atoms with Crippen molar-refractivity contribution in [2.24, 2.45) is 0 Å². The summed E-state index contributed by atoms with van der Waals surface area (Å²) in [6, 6.07) is 1.99. The Labute approximate surface area is 123 Å². The van der Waals surface area contributed by atoms with Crippen LogP contribution in [-0.4, -0.2) is 33.6 Å². The van der Waals surface area contributed by atoms with Crippen molar-refractivity contribution in [3.63, 3.8) is 0 Å². The molecule has 1 saturated heterocycles. The summed E-state index contributed by atoms with van der Waals surface area (Å²) in [5.74, 6) is 0.433. The lowest BCUT2D eigenvalue weighted by Crippen LogP contribution is -2.29. The number of amides is 1. The lowest BCUT2D eigenvalue weighted by molar-refractivity contribution is -0.119. The minimum atomic E-state index is -0.0250. The Morgan fingerprint density at radius 1 is 1.48 bits per heavy atom. The summed E-state index contributed by atoms with van der Waals surface area (Å²) in [5, 5.41) is 10.9. The van der Waals surface area contributed by atoms with Gasteiger partial charge in [0, 0.05) is 37.2 Å². The van der Waals surface area contributed by atoms with Gasteiger partial charge in [-0.3, -0.25) is 4.79 Å². The molecule has 2 N–H and O–H groups in total. The molecule has 0 bridgehead atoms. The van der Waals surface area contributed by atoms with E-state index in [4.69, 9.17) is 0 Å². The molecule has 112 valence electrons. The zero-order valence-electron chi connectivity index (χ0n) is 12.5. The maximum Gasteiger partial charge on any atom is 0.217 e. The molecular weight excluding hydrogens is 266 g/mol. The number of hydrogen-bond acceptors (Lipinski definition) is 4. The zero-order valence-corrected chi connectivity index (χ0v) is 12.5. The standard InChI is InChI=1S/C15H21N5O/c1-10-7-14-18-9-13(8-17-11(2)21)15(20(14)19-10)12-3-5-16-6-4-12/h7,9,12,16H,3-6,8H2,1-2H3,(H,17,21). The molecule has 1 aliphatic heterocycles. The minimum absolute atomic E-state index is 0.0250. The average molecular weight is 287 g/mol. The van der Waals surface area contributed by atoms with E-state index in [1.165, 1.54) is 12.6 Å². The molecule has 2 aromatic heterocycles. The minimum Gasteiger partial charge on any atom is -0.352 e. The normalized spacial score (nSPS) is 16.3. The quantitative estimate of drug-likeness (QED) is 0.888. The number of nitrogens with one attached hydrogen (secondary N) is 2. The fraction of sp³-hybridized carbons (Fsp3) is 0.533. The summed E-state index contributed by atoms with van der Waals surface area (Å²) in [4.78, 5) is 15.7. The Bertz CT molecular complexity index is 657. The highest BCUT2D eigenvalue weighted by Gasteiger charge is 2.22. The number of aryl methyl sites for hydroxylation is 1. The van der Waals surface area contributed by atoms with Gasteiger partial charge in [-0.2, -0.15) is 5.10 Å². The molecule has 0 aliphatic carbocycles. The van der Waals surface area contributed by atoms with Crippen LogP contribution in [-0.2, 0) is 11.3 Å². The second-order valence-electron chi connectivity index (χ2n) is 5.66. The van der Waals surface area contributed by atoms with Crippen molar-refractivity contribution in [3.8, 4) is 0 Å². The van der Waals surface area contributed by atoms with E-state index in [-0.39, 0.29) is 5.91 Å². The van der Waals surface area contributed by atoms with Crippen LogP contribution in [0.1, 0.15) is 42.6 Å². The highest BCUT2D eigenvalue weighted by molar-refractivity contribution is 5.72. The van der Waals surface area contributed by atoms with Gasteiger partial charge in [0.15, 0.2) is 5.65 Å². The van der Waals surface area contributed by atoms with E-state index in [2.05, 4.69) is 20.7 Å². The first-order valence-electron chi connectivity index (χ1n) is 7.44. The maximum absolute atomic E-state index is 11.2. The highest BCUT2D eigenvalue weighted by atomic mass is 16.1. The van der Waals surface area contributed by atoms with E-state index in [1.807, 2.05) is 23.7 Å². The molecule has 0 saturated carbocycles. The summed E-state index contributed by atoms with van der Waals surface area (Å²) in [7, 11) is 0. The lowest BCUT2D eigenvalue weighted by Gasteiger charge is -2.25. The summed E-state index contributed by atoms with van der Waals surface area (Å²) in [6.45, 7) is 6.07. The molecule has 6 heteroatoms. The molecule has 6 nitrogen and oxygen atoms in total. The van der Waals surface area contributed by atoms with Crippen LogP contribution < -0.4 is 10.6 Å². The summed E-state index contributed by atoms with van der Waals surface area (Å²) in [6.07, 6.45) is 4.06.